The molecule has 3 unspecified atom stereocenters. The topological polar surface area (TPSA) is 58.3 Å². The van der Waals surface area contributed by atoms with E-state index in [-0.39, 0.29) is 6.10 Å². The van der Waals surface area contributed by atoms with Crippen LogP contribution in [0.5, 0.6) is 0 Å². The molecule has 0 saturated heterocycles. The van der Waals surface area contributed by atoms with Crippen LogP contribution in [0.4, 0.5) is 0 Å². The molecule has 3 atom stereocenters. The Hall–Kier alpha value is -0.120. The minimum Gasteiger partial charge on any atom is -0.393 e. The number of nitrogens with two attached hydrogens (primary N) is 1. The maximum atomic E-state index is 9.45. The number of hydrogen-bond acceptors (Lipinski definition) is 3. The second-order valence-electron chi connectivity index (χ2n) is 4.69. The molecule has 3 heteroatoms. The van der Waals surface area contributed by atoms with Crippen molar-refractivity contribution in [3.05, 3.63) is 0 Å². The molecule has 1 saturated carbocycles. The van der Waals surface area contributed by atoms with E-state index in [1.165, 1.54) is 25.7 Å². The van der Waals surface area contributed by atoms with Gasteiger partial charge in [0.25, 0.3) is 0 Å². The zero-order valence-corrected chi connectivity index (χ0v) is 9.91. The Morgan fingerprint density at radius 3 is 2.80 bits per heavy atom. The molecule has 3 nitrogen and oxygen atoms in total. The van der Waals surface area contributed by atoms with Crippen molar-refractivity contribution in [2.24, 2.45) is 11.7 Å². The summed E-state index contributed by atoms with van der Waals surface area (Å²) in [7, 11) is 0. The molecule has 0 amide bonds. The third-order valence-corrected chi connectivity index (χ3v) is 3.57. The Bertz CT molecular complexity index is 164. The first-order valence-electron chi connectivity index (χ1n) is 6.39. The zero-order chi connectivity index (χ0) is 11.1. The molecule has 90 valence electrons. The van der Waals surface area contributed by atoms with Crippen molar-refractivity contribution >= 4 is 0 Å². The van der Waals surface area contributed by atoms with Crippen LogP contribution in [0, 0.1) is 5.92 Å². The van der Waals surface area contributed by atoms with Crippen LogP contribution in [0.3, 0.4) is 0 Å². The summed E-state index contributed by atoms with van der Waals surface area (Å²) in [5.74, 6) is 0.650. The second kappa shape index (κ2) is 7.20. The molecular weight excluding hydrogens is 188 g/mol. The molecule has 1 aliphatic carbocycles. The van der Waals surface area contributed by atoms with Crippen molar-refractivity contribution in [2.45, 2.75) is 57.6 Å². The highest BCUT2D eigenvalue weighted by Gasteiger charge is 2.23. The van der Waals surface area contributed by atoms with Crippen LogP contribution in [0.1, 0.15) is 45.4 Å². The molecular formula is C12H26N2O. The average Bonchev–Trinajstić information content (AvgIpc) is 2.29. The number of aliphatic hydroxyl groups excluding tert-OH is 1. The van der Waals surface area contributed by atoms with Crippen molar-refractivity contribution in [1.82, 2.24) is 5.32 Å². The van der Waals surface area contributed by atoms with Crippen LogP contribution >= 0.6 is 0 Å². The molecule has 1 rings (SSSR count). The Morgan fingerprint density at radius 1 is 1.40 bits per heavy atom. The van der Waals surface area contributed by atoms with E-state index in [1.54, 1.807) is 0 Å². The lowest BCUT2D eigenvalue weighted by Crippen LogP contribution is -2.42. The van der Waals surface area contributed by atoms with E-state index < -0.39 is 0 Å². The van der Waals surface area contributed by atoms with Crippen LogP contribution in [0.2, 0.25) is 0 Å². The van der Waals surface area contributed by atoms with Gasteiger partial charge in [-0.25, -0.2) is 0 Å². The van der Waals surface area contributed by atoms with Crippen LogP contribution in [0.25, 0.3) is 0 Å². The summed E-state index contributed by atoms with van der Waals surface area (Å²) in [6, 6.07) is 0.591. The van der Waals surface area contributed by atoms with Gasteiger partial charge in [0.05, 0.1) is 6.10 Å². The Kier molecular flexibility index (Phi) is 6.22. The molecule has 0 bridgehead atoms. The van der Waals surface area contributed by atoms with Gasteiger partial charge in [0, 0.05) is 6.04 Å². The zero-order valence-electron chi connectivity index (χ0n) is 9.91. The van der Waals surface area contributed by atoms with E-state index in [0.29, 0.717) is 12.0 Å². The van der Waals surface area contributed by atoms with Gasteiger partial charge < -0.3 is 16.2 Å². The fourth-order valence-corrected chi connectivity index (χ4v) is 2.40. The lowest BCUT2D eigenvalue weighted by atomic mass is 9.84. The predicted octanol–water partition coefficient (Wildman–Crippen LogP) is 1.25. The Morgan fingerprint density at radius 2 is 2.13 bits per heavy atom. The molecule has 4 N–H and O–H groups in total. The maximum absolute atomic E-state index is 9.45. The van der Waals surface area contributed by atoms with E-state index in [0.717, 1.165) is 25.9 Å². The SMILES string of the molecule is CCC(O)CCNC1CCCCC1CN. The van der Waals surface area contributed by atoms with Crippen molar-refractivity contribution in [1.29, 1.82) is 0 Å². The van der Waals surface area contributed by atoms with Gasteiger partial charge in [-0.2, -0.15) is 0 Å². The predicted molar refractivity (Wildman–Crippen MR) is 63.7 cm³/mol. The van der Waals surface area contributed by atoms with E-state index in [1.807, 2.05) is 6.92 Å². The van der Waals surface area contributed by atoms with E-state index >= 15 is 0 Å². The van der Waals surface area contributed by atoms with Crippen LogP contribution in [0.15, 0.2) is 0 Å². The fourth-order valence-electron chi connectivity index (χ4n) is 2.40. The third-order valence-electron chi connectivity index (χ3n) is 3.57. The van der Waals surface area contributed by atoms with Crippen LogP contribution < -0.4 is 11.1 Å². The van der Waals surface area contributed by atoms with Gasteiger partial charge in [0.1, 0.15) is 0 Å². The fraction of sp³-hybridized carbons (Fsp3) is 1.00. The van der Waals surface area contributed by atoms with Crippen LogP contribution in [-0.4, -0.2) is 30.3 Å². The standard InChI is InChI=1S/C12H26N2O/c1-2-11(15)7-8-14-12-6-4-3-5-10(12)9-13/h10-12,14-15H,2-9,13H2,1H3. The molecule has 0 aromatic rings. The molecule has 1 fully saturated rings. The molecule has 0 spiro atoms. The first-order valence-corrected chi connectivity index (χ1v) is 6.39. The highest BCUT2D eigenvalue weighted by molar-refractivity contribution is 4.81. The summed E-state index contributed by atoms with van der Waals surface area (Å²) in [6.45, 7) is 3.75. The number of nitrogens with one attached hydrogen (secondary N) is 1. The highest BCUT2D eigenvalue weighted by Crippen LogP contribution is 2.23. The Balaban J connectivity index is 2.17. The lowest BCUT2D eigenvalue weighted by molar-refractivity contribution is 0.154. The molecule has 0 heterocycles. The third kappa shape index (κ3) is 4.49. The van der Waals surface area contributed by atoms with Crippen molar-refractivity contribution < 1.29 is 5.11 Å². The second-order valence-corrected chi connectivity index (χ2v) is 4.69. The van der Waals surface area contributed by atoms with Gasteiger partial charge in [-0.1, -0.05) is 19.8 Å². The summed E-state index contributed by atoms with van der Waals surface area (Å²) in [5.41, 5.74) is 5.76. The number of hydrogen-bond donors (Lipinski definition) is 3. The summed E-state index contributed by atoms with van der Waals surface area (Å²) in [6.07, 6.45) is 6.76. The normalized spacial score (nSPS) is 29.0. The van der Waals surface area contributed by atoms with Crippen molar-refractivity contribution in [2.75, 3.05) is 13.1 Å². The smallest absolute Gasteiger partial charge is 0.0549 e. The largest absolute Gasteiger partial charge is 0.393 e. The first kappa shape index (κ1) is 12.9. The average molecular weight is 214 g/mol. The minimum atomic E-state index is -0.141. The first-order chi connectivity index (χ1) is 7.27. The van der Waals surface area contributed by atoms with Crippen molar-refractivity contribution in [3.63, 3.8) is 0 Å². The molecule has 1 aliphatic rings. The van der Waals surface area contributed by atoms with Gasteiger partial charge in [-0.15, -0.1) is 0 Å². The molecule has 0 aromatic carbocycles. The van der Waals surface area contributed by atoms with Gasteiger partial charge >= 0.3 is 0 Å². The van der Waals surface area contributed by atoms with Gasteiger partial charge in [0.2, 0.25) is 0 Å². The highest BCUT2D eigenvalue weighted by atomic mass is 16.3. The van der Waals surface area contributed by atoms with Crippen LogP contribution in [-0.2, 0) is 0 Å². The van der Waals surface area contributed by atoms with Crippen molar-refractivity contribution in [3.8, 4) is 0 Å². The molecule has 0 aliphatic heterocycles. The number of rotatable bonds is 6. The summed E-state index contributed by atoms with van der Waals surface area (Å²) < 4.78 is 0. The van der Waals surface area contributed by atoms with E-state index in [2.05, 4.69) is 5.32 Å². The lowest BCUT2D eigenvalue weighted by Gasteiger charge is -2.31. The summed E-state index contributed by atoms with van der Waals surface area (Å²) >= 11 is 0. The van der Waals surface area contributed by atoms with E-state index in [9.17, 15) is 5.11 Å². The van der Waals surface area contributed by atoms with Gasteiger partial charge in [0.15, 0.2) is 0 Å². The van der Waals surface area contributed by atoms with E-state index in [4.69, 9.17) is 5.73 Å². The Labute approximate surface area is 93.4 Å². The molecule has 15 heavy (non-hydrogen) atoms. The maximum Gasteiger partial charge on any atom is 0.0549 e. The number of aliphatic hydroxyl groups is 1. The molecule has 0 aromatic heterocycles. The summed E-state index contributed by atoms with van der Waals surface area (Å²) in [4.78, 5) is 0. The van der Waals surface area contributed by atoms with Gasteiger partial charge in [-0.3, -0.25) is 0 Å². The monoisotopic (exact) mass is 214 g/mol. The molecule has 0 radical (unpaired) electrons. The minimum absolute atomic E-state index is 0.141. The van der Waals surface area contributed by atoms with Gasteiger partial charge in [-0.05, 0) is 44.7 Å². The quantitative estimate of drug-likeness (QED) is 0.624. The summed E-state index contributed by atoms with van der Waals surface area (Å²) in [5, 5.41) is 13.0.